The van der Waals surface area contributed by atoms with Crippen molar-refractivity contribution in [2.75, 3.05) is 0 Å². The van der Waals surface area contributed by atoms with Crippen molar-refractivity contribution in [1.29, 1.82) is 0 Å². The standard InChI is InChI=1S/C13H9.C13H10.C9H13.2ClH.Ti/c1-3-7-12-10(5-1)9-11-6-2-4-8-13(11)12;1-3-7-12(8-4-1)11-13-9-5-2-6-10-13;1-9(2,3)8-6-4-5-7-8;;;/h1-9H;1-10H;6-7H,4H2,1-3H3;2*1H;/q-1;;-1;;;+2/p-2. The van der Waals surface area contributed by atoms with E-state index in [1.807, 2.05) is 12.1 Å². The van der Waals surface area contributed by atoms with Crippen molar-refractivity contribution < 1.29 is 44.8 Å². The fraction of sp³-hybridized carbons (Fsp3) is 0.143. The van der Waals surface area contributed by atoms with Crippen molar-refractivity contribution in [3.63, 3.8) is 0 Å². The third kappa shape index (κ3) is 8.45. The van der Waals surface area contributed by atoms with Crippen molar-refractivity contribution in [1.82, 2.24) is 0 Å². The first-order valence-corrected chi connectivity index (χ1v) is 13.2. The molecule has 0 heterocycles. The van der Waals surface area contributed by atoms with E-state index in [0.717, 1.165) is 6.42 Å². The van der Waals surface area contributed by atoms with Gasteiger partial charge < -0.3 is 24.8 Å². The van der Waals surface area contributed by atoms with Crippen LogP contribution in [-0.4, -0.2) is 3.81 Å². The number of rotatable bonds is 2. The Hall–Kier alpha value is -2.61. The first kappa shape index (κ1) is 31.6. The maximum atomic E-state index is 3.16. The maximum absolute atomic E-state index is 3.16. The fourth-order valence-electron chi connectivity index (χ4n) is 4.20. The van der Waals surface area contributed by atoms with Gasteiger partial charge in [-0.05, 0) is 0 Å². The average Bonchev–Trinajstić information content (AvgIpc) is 3.59. The molecule has 0 radical (unpaired) electrons. The van der Waals surface area contributed by atoms with Crippen LogP contribution in [0.5, 0.6) is 0 Å². The molecular weight excluding hydrogens is 539 g/mol. The van der Waals surface area contributed by atoms with Crippen LogP contribution in [0.25, 0.3) is 21.5 Å². The minimum absolute atomic E-state index is 0. The third-order valence-corrected chi connectivity index (χ3v) is 7.11. The molecule has 0 aromatic heterocycles. The summed E-state index contributed by atoms with van der Waals surface area (Å²) in [6, 6.07) is 40.2. The van der Waals surface area contributed by atoms with Gasteiger partial charge in [0.1, 0.15) is 0 Å². The molecule has 0 fully saturated rings. The van der Waals surface area contributed by atoms with Gasteiger partial charge in [-0.2, -0.15) is 11.6 Å². The Balaban J connectivity index is 0.000000200. The second kappa shape index (κ2) is 15.1. The molecule has 5 aromatic rings. The zero-order valence-electron chi connectivity index (χ0n) is 22.1. The summed E-state index contributed by atoms with van der Waals surface area (Å²) in [5, 5.41) is 5.39. The molecule has 38 heavy (non-hydrogen) atoms. The van der Waals surface area contributed by atoms with Gasteiger partial charge in [0.2, 0.25) is 0 Å². The summed E-state index contributed by atoms with van der Waals surface area (Å²) in [4.78, 5) is 0. The normalized spacial score (nSPS) is 11.8. The summed E-state index contributed by atoms with van der Waals surface area (Å²) in [7, 11) is 0. The van der Waals surface area contributed by atoms with Crippen LogP contribution >= 0.6 is 0 Å². The SMILES string of the molecule is CC(C)(C)C1=CC[C-]=C1.[Cl-].[Cl-].[Ti+2]=[C](c1ccccc1)c1ccccc1.c1ccc2c(c1)[cH-]c1ccccc12. The zero-order chi connectivity index (χ0) is 25.4. The molecule has 0 spiro atoms. The number of fused-ring (bicyclic) bond motifs is 3. The molecule has 0 nitrogen and oxygen atoms in total. The topological polar surface area (TPSA) is 0 Å². The van der Waals surface area contributed by atoms with E-state index in [9.17, 15) is 0 Å². The summed E-state index contributed by atoms with van der Waals surface area (Å²) >= 11 is 2.16. The van der Waals surface area contributed by atoms with Gasteiger partial charge in [0.25, 0.3) is 0 Å². The Morgan fingerprint density at radius 3 is 1.45 bits per heavy atom. The molecular formula is C35H32Cl2Ti-2. The van der Waals surface area contributed by atoms with E-state index in [-0.39, 0.29) is 24.8 Å². The van der Waals surface area contributed by atoms with Crippen LogP contribution in [0.3, 0.4) is 0 Å². The van der Waals surface area contributed by atoms with Crippen molar-refractivity contribution in [3.8, 4) is 0 Å². The van der Waals surface area contributed by atoms with Crippen molar-refractivity contribution in [2.45, 2.75) is 27.2 Å². The number of benzene rings is 4. The second-order valence-electron chi connectivity index (χ2n) is 9.89. The van der Waals surface area contributed by atoms with Crippen LogP contribution in [0, 0.1) is 11.5 Å². The molecule has 0 saturated carbocycles. The molecule has 192 valence electrons. The Morgan fingerprint density at radius 2 is 1.08 bits per heavy atom. The molecule has 5 aromatic carbocycles. The van der Waals surface area contributed by atoms with E-state index in [0.29, 0.717) is 5.41 Å². The third-order valence-electron chi connectivity index (χ3n) is 6.21. The van der Waals surface area contributed by atoms with Crippen LogP contribution in [0.2, 0.25) is 0 Å². The summed E-state index contributed by atoms with van der Waals surface area (Å²) in [6.07, 6.45) is 8.50. The quantitative estimate of drug-likeness (QED) is 0.226. The summed E-state index contributed by atoms with van der Waals surface area (Å²) in [6.45, 7) is 6.67. The van der Waals surface area contributed by atoms with Gasteiger partial charge >= 0.3 is 95.6 Å². The van der Waals surface area contributed by atoms with Gasteiger partial charge in [-0.1, -0.05) is 62.6 Å². The molecule has 0 bridgehead atoms. The van der Waals surface area contributed by atoms with Crippen molar-refractivity contribution in [3.05, 3.63) is 150 Å². The number of hydrogen-bond acceptors (Lipinski definition) is 0. The van der Waals surface area contributed by atoms with Crippen molar-refractivity contribution in [2.24, 2.45) is 5.41 Å². The van der Waals surface area contributed by atoms with Gasteiger partial charge in [-0.25, -0.2) is 6.08 Å². The zero-order valence-corrected chi connectivity index (χ0v) is 25.2. The van der Waals surface area contributed by atoms with E-state index in [4.69, 9.17) is 0 Å². The molecule has 0 aliphatic heterocycles. The molecule has 0 saturated heterocycles. The van der Waals surface area contributed by atoms with Crippen LogP contribution in [0.1, 0.15) is 38.3 Å². The van der Waals surface area contributed by atoms with Crippen molar-refractivity contribution >= 4 is 25.4 Å². The first-order chi connectivity index (χ1) is 17.4. The number of hydrogen-bond donors (Lipinski definition) is 0. The number of allylic oxidation sites excluding steroid dienone is 4. The van der Waals surface area contributed by atoms with Gasteiger partial charge in [0.15, 0.2) is 0 Å². The van der Waals surface area contributed by atoms with Gasteiger partial charge in [-0.3, -0.25) is 6.08 Å². The van der Waals surface area contributed by atoms with Crippen LogP contribution in [0.15, 0.2) is 133 Å². The van der Waals surface area contributed by atoms with Gasteiger partial charge in [-0.15, -0.1) is 46.2 Å². The van der Waals surface area contributed by atoms with Gasteiger partial charge in [0, 0.05) is 0 Å². The maximum Gasteiger partial charge on any atom is -0.0771 e. The smallest absolute Gasteiger partial charge is 0.0771 e. The van der Waals surface area contributed by atoms with Crippen LogP contribution in [-0.2, 0) is 20.0 Å². The first-order valence-electron chi connectivity index (χ1n) is 12.4. The summed E-state index contributed by atoms with van der Waals surface area (Å²) in [5.41, 5.74) is 4.32. The monoisotopic (exact) mass is 570 g/mol. The van der Waals surface area contributed by atoms with Gasteiger partial charge in [0.05, 0.1) is 0 Å². The molecule has 1 aliphatic carbocycles. The molecule has 0 unspecified atom stereocenters. The molecule has 0 atom stereocenters. The predicted molar refractivity (Wildman–Crippen MR) is 153 cm³/mol. The molecule has 0 amide bonds. The van der Waals surface area contributed by atoms with E-state index in [2.05, 4.69) is 162 Å². The van der Waals surface area contributed by atoms with E-state index < -0.39 is 0 Å². The molecule has 6 rings (SSSR count). The Bertz CT molecular complexity index is 1400. The Labute approximate surface area is 251 Å². The Morgan fingerprint density at radius 1 is 0.658 bits per heavy atom. The van der Waals surface area contributed by atoms with E-state index in [1.165, 1.54) is 42.1 Å². The predicted octanol–water partition coefficient (Wildman–Crippen LogP) is 3.24. The van der Waals surface area contributed by atoms with E-state index >= 15 is 0 Å². The number of halogens is 2. The van der Waals surface area contributed by atoms with Crippen LogP contribution < -0.4 is 24.8 Å². The Kier molecular flexibility index (Phi) is 12.6. The molecule has 3 heteroatoms. The summed E-state index contributed by atoms with van der Waals surface area (Å²) < 4.78 is 1.33. The van der Waals surface area contributed by atoms with Crippen LogP contribution in [0.4, 0.5) is 0 Å². The minimum atomic E-state index is 0. The average molecular weight is 571 g/mol. The fourth-order valence-corrected chi connectivity index (χ4v) is 4.72. The van der Waals surface area contributed by atoms with E-state index in [1.54, 1.807) is 0 Å². The minimum Gasteiger partial charge on any atom is -0.126 e. The summed E-state index contributed by atoms with van der Waals surface area (Å²) in [5.74, 6) is 0. The molecule has 0 N–H and O–H groups in total. The second-order valence-corrected chi connectivity index (χ2v) is 10.7. The largest absolute Gasteiger partial charge is 0.126 e. The molecule has 1 aliphatic rings.